The van der Waals surface area contributed by atoms with Crippen molar-refractivity contribution in [1.29, 1.82) is 0 Å². The molecule has 8 heteroatoms. The van der Waals surface area contributed by atoms with E-state index in [0.717, 1.165) is 68.0 Å². The molecule has 7 nitrogen and oxygen atoms in total. The monoisotopic (exact) mass is 422 g/mol. The maximum absolute atomic E-state index is 13.8. The van der Waals surface area contributed by atoms with E-state index in [1.165, 1.54) is 12.5 Å². The molecule has 3 aromatic rings. The molecule has 31 heavy (non-hydrogen) atoms. The van der Waals surface area contributed by atoms with Crippen molar-refractivity contribution in [2.45, 2.75) is 52.0 Å². The first-order valence-corrected chi connectivity index (χ1v) is 11.1. The van der Waals surface area contributed by atoms with Gasteiger partial charge < -0.3 is 14.8 Å². The van der Waals surface area contributed by atoms with Crippen molar-refractivity contribution in [3.05, 3.63) is 41.7 Å². The summed E-state index contributed by atoms with van der Waals surface area (Å²) in [6.45, 7) is 4.05. The van der Waals surface area contributed by atoms with Gasteiger partial charge in [-0.3, -0.25) is 4.79 Å². The number of nitrogens with zero attached hydrogens (tertiary/aromatic N) is 5. The predicted octanol–water partition coefficient (Wildman–Crippen LogP) is 3.86. The number of piperidine rings is 1. The van der Waals surface area contributed by atoms with E-state index in [9.17, 15) is 9.18 Å². The van der Waals surface area contributed by atoms with Crippen LogP contribution < -0.4 is 10.2 Å². The van der Waals surface area contributed by atoms with Crippen molar-refractivity contribution < 1.29 is 9.18 Å². The molecule has 2 aromatic heterocycles. The Hall–Kier alpha value is -3.03. The molecule has 0 bridgehead atoms. The molecule has 1 saturated heterocycles. The minimum atomic E-state index is -0.314. The number of carbonyl (C=O) groups excluding carboxylic acids is 1. The molecule has 1 fully saturated rings. The molecule has 0 saturated carbocycles. The number of imidazole rings is 1. The molecule has 0 unspecified atom stereocenters. The lowest BCUT2D eigenvalue weighted by Gasteiger charge is -2.32. The van der Waals surface area contributed by atoms with Gasteiger partial charge in [0.05, 0.1) is 5.92 Å². The van der Waals surface area contributed by atoms with E-state index in [0.29, 0.717) is 17.8 Å². The maximum atomic E-state index is 13.8. The molecule has 2 aliphatic heterocycles. The Bertz CT molecular complexity index is 1130. The molecule has 1 N–H and O–H groups in total. The van der Waals surface area contributed by atoms with Crippen LogP contribution in [0.15, 0.2) is 24.5 Å². The highest BCUT2D eigenvalue weighted by molar-refractivity contribution is 5.93. The molecule has 2 aliphatic rings. The molecular formula is C23H27FN6O. The lowest BCUT2D eigenvalue weighted by Crippen LogP contribution is -2.41. The van der Waals surface area contributed by atoms with Crippen molar-refractivity contribution in [2.75, 3.05) is 23.3 Å². The molecule has 1 atom stereocenters. The van der Waals surface area contributed by atoms with Gasteiger partial charge in [-0.2, -0.15) is 0 Å². The first-order chi connectivity index (χ1) is 15.1. The van der Waals surface area contributed by atoms with Gasteiger partial charge in [-0.1, -0.05) is 12.5 Å². The van der Waals surface area contributed by atoms with E-state index in [-0.39, 0.29) is 17.6 Å². The SMILES string of the molecule is Cc1ccc(NC(=O)[C@H]2CCCN(c3ncnc4c3nc3n4CCCCC3)C2)cc1F. The van der Waals surface area contributed by atoms with Gasteiger partial charge >= 0.3 is 0 Å². The van der Waals surface area contributed by atoms with Crippen molar-refractivity contribution >= 4 is 28.6 Å². The third kappa shape index (κ3) is 3.86. The summed E-state index contributed by atoms with van der Waals surface area (Å²) in [6, 6.07) is 4.79. The number of hydrogen-bond acceptors (Lipinski definition) is 5. The lowest BCUT2D eigenvalue weighted by molar-refractivity contribution is -0.120. The van der Waals surface area contributed by atoms with Crippen LogP contribution in [0.25, 0.3) is 11.2 Å². The first kappa shape index (κ1) is 19.9. The number of anilines is 2. The van der Waals surface area contributed by atoms with Crippen LogP contribution in [0.1, 0.15) is 43.5 Å². The van der Waals surface area contributed by atoms with Gasteiger partial charge in [0.2, 0.25) is 5.91 Å². The third-order valence-corrected chi connectivity index (χ3v) is 6.40. The third-order valence-electron chi connectivity index (χ3n) is 6.40. The van der Waals surface area contributed by atoms with Gasteiger partial charge in [0.1, 0.15) is 18.0 Å². The van der Waals surface area contributed by atoms with Crippen LogP contribution in [0, 0.1) is 18.7 Å². The average molecular weight is 423 g/mol. The topological polar surface area (TPSA) is 75.9 Å². The van der Waals surface area contributed by atoms with Gasteiger partial charge in [0.15, 0.2) is 17.0 Å². The second kappa shape index (κ2) is 8.24. The summed E-state index contributed by atoms with van der Waals surface area (Å²) in [5.41, 5.74) is 2.78. The molecule has 0 radical (unpaired) electrons. The first-order valence-electron chi connectivity index (χ1n) is 11.1. The van der Waals surface area contributed by atoms with Crippen molar-refractivity contribution in [3.63, 3.8) is 0 Å². The maximum Gasteiger partial charge on any atom is 0.229 e. The summed E-state index contributed by atoms with van der Waals surface area (Å²) in [4.78, 5) is 29.0. The number of fused-ring (bicyclic) bond motifs is 3. The highest BCUT2D eigenvalue weighted by atomic mass is 19.1. The van der Waals surface area contributed by atoms with Crippen LogP contribution in [-0.4, -0.2) is 38.5 Å². The Morgan fingerprint density at radius 1 is 1.16 bits per heavy atom. The average Bonchev–Trinajstić information content (AvgIpc) is 2.97. The van der Waals surface area contributed by atoms with Crippen molar-refractivity contribution in [3.8, 4) is 0 Å². The van der Waals surface area contributed by atoms with Gasteiger partial charge in [-0.05, 0) is 50.3 Å². The number of nitrogens with one attached hydrogen (secondary N) is 1. The molecule has 1 aromatic carbocycles. The lowest BCUT2D eigenvalue weighted by atomic mass is 9.97. The van der Waals surface area contributed by atoms with Crippen LogP contribution >= 0.6 is 0 Å². The summed E-state index contributed by atoms with van der Waals surface area (Å²) in [6.07, 6.45) is 7.77. The number of hydrogen-bond donors (Lipinski definition) is 1. The number of carbonyl (C=O) groups is 1. The Balaban J connectivity index is 1.37. The van der Waals surface area contributed by atoms with Crippen molar-refractivity contribution in [1.82, 2.24) is 19.5 Å². The van der Waals surface area contributed by atoms with Gasteiger partial charge in [-0.15, -0.1) is 0 Å². The Morgan fingerprint density at radius 3 is 2.94 bits per heavy atom. The molecule has 0 aliphatic carbocycles. The smallest absolute Gasteiger partial charge is 0.229 e. The molecule has 162 valence electrons. The molecule has 4 heterocycles. The highest BCUT2D eigenvalue weighted by Crippen LogP contribution is 2.30. The van der Waals surface area contributed by atoms with E-state index in [1.807, 2.05) is 0 Å². The van der Waals surface area contributed by atoms with Crippen LogP contribution in [-0.2, 0) is 17.8 Å². The molecule has 1 amide bonds. The summed E-state index contributed by atoms with van der Waals surface area (Å²) >= 11 is 0. The summed E-state index contributed by atoms with van der Waals surface area (Å²) in [5.74, 6) is 1.31. The second-order valence-corrected chi connectivity index (χ2v) is 8.60. The van der Waals surface area contributed by atoms with Crippen LogP contribution in [0.2, 0.25) is 0 Å². The quantitative estimate of drug-likeness (QED) is 0.694. The Kier molecular flexibility index (Phi) is 5.29. The number of amides is 1. The largest absolute Gasteiger partial charge is 0.354 e. The van der Waals surface area contributed by atoms with E-state index in [1.54, 1.807) is 25.4 Å². The van der Waals surface area contributed by atoms with E-state index < -0.39 is 0 Å². The van der Waals surface area contributed by atoms with Crippen molar-refractivity contribution in [2.24, 2.45) is 5.92 Å². The fourth-order valence-corrected chi connectivity index (χ4v) is 4.66. The minimum absolute atomic E-state index is 0.0844. The zero-order valence-corrected chi connectivity index (χ0v) is 17.8. The predicted molar refractivity (Wildman–Crippen MR) is 118 cm³/mol. The summed E-state index contributed by atoms with van der Waals surface area (Å²) in [7, 11) is 0. The van der Waals surface area contributed by atoms with Gasteiger partial charge in [-0.25, -0.2) is 19.3 Å². The zero-order chi connectivity index (χ0) is 21.4. The van der Waals surface area contributed by atoms with Crippen LogP contribution in [0.5, 0.6) is 0 Å². The minimum Gasteiger partial charge on any atom is -0.354 e. The van der Waals surface area contributed by atoms with Gasteiger partial charge in [0.25, 0.3) is 0 Å². The summed E-state index contributed by atoms with van der Waals surface area (Å²) in [5, 5.41) is 2.88. The van der Waals surface area contributed by atoms with E-state index in [4.69, 9.17) is 4.98 Å². The normalized spacial score (nSPS) is 19.2. The number of aromatic nitrogens is 4. The Morgan fingerprint density at radius 2 is 2.06 bits per heavy atom. The fraction of sp³-hybridized carbons (Fsp3) is 0.478. The van der Waals surface area contributed by atoms with Crippen LogP contribution in [0.4, 0.5) is 15.9 Å². The number of halogens is 1. The molecule has 5 rings (SSSR count). The molecule has 0 spiro atoms. The fourth-order valence-electron chi connectivity index (χ4n) is 4.66. The Labute approximate surface area is 180 Å². The standard InChI is InChI=1S/C23H27FN6O/c1-15-8-9-17(12-18(15)24)27-23(31)16-6-5-10-29(13-16)21-20-22(26-14-25-21)30-11-4-2-3-7-19(30)28-20/h8-9,12,14,16H,2-7,10-11,13H2,1H3,(H,27,31)/t16-/m0/s1. The molecular weight excluding hydrogens is 395 g/mol. The number of benzene rings is 1. The number of rotatable bonds is 3. The summed E-state index contributed by atoms with van der Waals surface area (Å²) < 4.78 is 16.1. The second-order valence-electron chi connectivity index (χ2n) is 8.60. The van der Waals surface area contributed by atoms with E-state index >= 15 is 0 Å². The van der Waals surface area contributed by atoms with Gasteiger partial charge in [0, 0.05) is 31.7 Å². The van der Waals surface area contributed by atoms with Crippen LogP contribution in [0.3, 0.4) is 0 Å². The van der Waals surface area contributed by atoms with E-state index in [2.05, 4.69) is 24.8 Å². The zero-order valence-electron chi connectivity index (χ0n) is 17.8. The number of aryl methyl sites for hydroxylation is 3. The highest BCUT2D eigenvalue weighted by Gasteiger charge is 2.29.